The number of ether oxygens (including phenoxy) is 1. The Morgan fingerprint density at radius 3 is 2.89 bits per heavy atom. The van der Waals surface area contributed by atoms with Crippen LogP contribution in [0.4, 0.5) is 10.5 Å². The maximum atomic E-state index is 11.7. The van der Waals surface area contributed by atoms with E-state index in [4.69, 9.17) is 9.26 Å². The monoisotopic (exact) mass is 262 g/mol. The molecule has 0 spiro atoms. The quantitative estimate of drug-likeness (QED) is 0.875. The van der Waals surface area contributed by atoms with E-state index in [0.29, 0.717) is 23.2 Å². The summed E-state index contributed by atoms with van der Waals surface area (Å²) in [5, 5.41) is 8.91. The van der Waals surface area contributed by atoms with E-state index in [1.807, 2.05) is 6.07 Å². The molecule has 0 aliphatic rings. The molecule has 2 amide bonds. The lowest BCUT2D eigenvalue weighted by atomic mass is 10.3. The van der Waals surface area contributed by atoms with Gasteiger partial charge in [-0.15, -0.1) is 0 Å². The molecule has 0 saturated carbocycles. The van der Waals surface area contributed by atoms with Crippen molar-refractivity contribution in [2.45, 2.75) is 13.5 Å². The molecule has 0 saturated heterocycles. The van der Waals surface area contributed by atoms with Gasteiger partial charge in [0.2, 0.25) is 5.89 Å². The summed E-state index contributed by atoms with van der Waals surface area (Å²) in [6, 6.07) is 6.76. The molecule has 2 N–H and O–H groups in total. The lowest BCUT2D eigenvalue weighted by molar-refractivity contribution is 0.249. The third kappa shape index (κ3) is 3.44. The first kappa shape index (κ1) is 12.9. The molecule has 0 bridgehead atoms. The minimum absolute atomic E-state index is 0.168. The number of rotatable bonds is 4. The van der Waals surface area contributed by atoms with Gasteiger partial charge in [-0.3, -0.25) is 0 Å². The summed E-state index contributed by atoms with van der Waals surface area (Å²) in [5.74, 6) is 1.47. The van der Waals surface area contributed by atoms with E-state index in [9.17, 15) is 4.79 Å². The van der Waals surface area contributed by atoms with Gasteiger partial charge in [0, 0.05) is 0 Å². The topological polar surface area (TPSA) is 89.3 Å². The Morgan fingerprint density at radius 1 is 1.42 bits per heavy atom. The van der Waals surface area contributed by atoms with Crippen molar-refractivity contribution < 1.29 is 14.1 Å². The van der Waals surface area contributed by atoms with Gasteiger partial charge in [-0.25, -0.2) is 4.79 Å². The van der Waals surface area contributed by atoms with E-state index in [1.54, 1.807) is 32.2 Å². The predicted molar refractivity (Wildman–Crippen MR) is 67.9 cm³/mol. The van der Waals surface area contributed by atoms with Gasteiger partial charge in [0.05, 0.1) is 19.3 Å². The maximum absolute atomic E-state index is 11.7. The summed E-state index contributed by atoms with van der Waals surface area (Å²) < 4.78 is 10.0. The molecule has 1 aromatic carbocycles. The fourth-order valence-corrected chi connectivity index (χ4v) is 1.48. The first-order chi connectivity index (χ1) is 9.19. The van der Waals surface area contributed by atoms with E-state index < -0.39 is 0 Å². The molecule has 100 valence electrons. The van der Waals surface area contributed by atoms with Gasteiger partial charge in [-0.05, 0) is 19.1 Å². The maximum Gasteiger partial charge on any atom is 0.319 e. The molecular weight excluding hydrogens is 248 g/mol. The van der Waals surface area contributed by atoms with Crippen molar-refractivity contribution in [2.24, 2.45) is 0 Å². The van der Waals surface area contributed by atoms with Crippen LogP contribution in [0.25, 0.3) is 0 Å². The summed E-state index contributed by atoms with van der Waals surface area (Å²) in [4.78, 5) is 15.7. The van der Waals surface area contributed by atoms with Crippen molar-refractivity contribution >= 4 is 11.7 Å². The smallest absolute Gasteiger partial charge is 0.319 e. The van der Waals surface area contributed by atoms with Crippen molar-refractivity contribution in [1.29, 1.82) is 0 Å². The number of carbonyl (C=O) groups excluding carboxylic acids is 1. The van der Waals surface area contributed by atoms with Gasteiger partial charge in [0.1, 0.15) is 5.75 Å². The number of urea groups is 1. The molecule has 0 aliphatic carbocycles. The fraction of sp³-hybridized carbons (Fsp3) is 0.250. The second kappa shape index (κ2) is 5.85. The van der Waals surface area contributed by atoms with Crippen LogP contribution in [0.5, 0.6) is 5.75 Å². The molecule has 2 rings (SSSR count). The minimum atomic E-state index is -0.375. The Bertz CT molecular complexity index is 568. The zero-order chi connectivity index (χ0) is 13.7. The lowest BCUT2D eigenvalue weighted by Crippen LogP contribution is -2.28. The standard InChI is InChI=1S/C12H14N4O3/c1-8-14-11(19-16-8)7-13-12(17)15-9-5-3-4-6-10(9)18-2/h3-6H,7H2,1-2H3,(H2,13,15,17). The normalized spacial score (nSPS) is 10.0. The number of nitrogens with zero attached hydrogens (tertiary/aromatic N) is 2. The van der Waals surface area contributed by atoms with Crippen LogP contribution in [0.1, 0.15) is 11.7 Å². The van der Waals surface area contributed by atoms with Gasteiger partial charge in [-0.2, -0.15) is 4.98 Å². The summed E-state index contributed by atoms with van der Waals surface area (Å²) in [6.45, 7) is 1.88. The molecular formula is C12H14N4O3. The average Bonchev–Trinajstić information content (AvgIpc) is 2.83. The van der Waals surface area contributed by atoms with Crippen LogP contribution in [0.15, 0.2) is 28.8 Å². The number of carbonyl (C=O) groups is 1. The highest BCUT2D eigenvalue weighted by Crippen LogP contribution is 2.22. The first-order valence-electron chi connectivity index (χ1n) is 5.66. The largest absolute Gasteiger partial charge is 0.495 e. The molecule has 1 aromatic heterocycles. The molecule has 7 heteroatoms. The van der Waals surface area contributed by atoms with E-state index in [2.05, 4.69) is 20.8 Å². The second-order valence-corrected chi connectivity index (χ2v) is 3.74. The lowest BCUT2D eigenvalue weighted by Gasteiger charge is -2.09. The highest BCUT2D eigenvalue weighted by molar-refractivity contribution is 5.90. The van der Waals surface area contributed by atoms with Crippen molar-refractivity contribution in [3.63, 3.8) is 0 Å². The number of anilines is 1. The summed E-state index contributed by atoms with van der Waals surface area (Å²) in [5.41, 5.74) is 0.587. The number of hydrogen-bond donors (Lipinski definition) is 2. The molecule has 0 radical (unpaired) electrons. The van der Waals surface area contributed by atoms with Crippen molar-refractivity contribution in [2.75, 3.05) is 12.4 Å². The Morgan fingerprint density at radius 2 is 2.21 bits per heavy atom. The Balaban J connectivity index is 1.90. The Kier molecular flexibility index (Phi) is 3.97. The molecule has 1 heterocycles. The van der Waals surface area contributed by atoms with Crippen molar-refractivity contribution in [3.05, 3.63) is 36.0 Å². The van der Waals surface area contributed by atoms with Gasteiger partial charge < -0.3 is 19.9 Å². The molecule has 0 unspecified atom stereocenters. The predicted octanol–water partition coefficient (Wildman–Crippen LogP) is 1.71. The number of nitrogens with one attached hydrogen (secondary N) is 2. The van der Waals surface area contributed by atoms with E-state index in [0.717, 1.165) is 0 Å². The molecule has 0 atom stereocenters. The number of methoxy groups -OCH3 is 1. The van der Waals surface area contributed by atoms with Crippen LogP contribution in [-0.4, -0.2) is 23.3 Å². The first-order valence-corrected chi connectivity index (χ1v) is 5.66. The average molecular weight is 262 g/mol. The third-order valence-corrected chi connectivity index (χ3v) is 2.32. The fourth-order valence-electron chi connectivity index (χ4n) is 1.48. The van der Waals surface area contributed by atoms with Crippen molar-refractivity contribution in [1.82, 2.24) is 15.5 Å². The molecule has 2 aromatic rings. The van der Waals surface area contributed by atoms with E-state index in [1.165, 1.54) is 0 Å². The van der Waals surface area contributed by atoms with Crippen LogP contribution in [-0.2, 0) is 6.54 Å². The molecule has 19 heavy (non-hydrogen) atoms. The number of benzene rings is 1. The van der Waals surface area contributed by atoms with E-state index in [-0.39, 0.29) is 12.6 Å². The minimum Gasteiger partial charge on any atom is -0.495 e. The highest BCUT2D eigenvalue weighted by Gasteiger charge is 2.08. The number of aromatic nitrogens is 2. The Hall–Kier alpha value is -2.57. The summed E-state index contributed by atoms with van der Waals surface area (Å²) in [7, 11) is 1.54. The van der Waals surface area contributed by atoms with Crippen molar-refractivity contribution in [3.8, 4) is 5.75 Å². The van der Waals surface area contributed by atoms with Crippen LogP contribution in [0.2, 0.25) is 0 Å². The molecule has 0 fully saturated rings. The van der Waals surface area contributed by atoms with Crippen LogP contribution >= 0.6 is 0 Å². The Labute approximate surface area is 110 Å². The van der Waals surface area contributed by atoms with Gasteiger partial charge in [0.15, 0.2) is 5.82 Å². The van der Waals surface area contributed by atoms with Gasteiger partial charge >= 0.3 is 6.03 Å². The van der Waals surface area contributed by atoms with Crippen LogP contribution in [0, 0.1) is 6.92 Å². The second-order valence-electron chi connectivity index (χ2n) is 3.74. The number of aryl methyl sites for hydroxylation is 1. The number of para-hydroxylation sites is 2. The van der Waals surface area contributed by atoms with E-state index >= 15 is 0 Å². The number of amides is 2. The zero-order valence-corrected chi connectivity index (χ0v) is 10.6. The zero-order valence-electron chi connectivity index (χ0n) is 10.6. The summed E-state index contributed by atoms with van der Waals surface area (Å²) >= 11 is 0. The van der Waals surface area contributed by atoms with Gasteiger partial charge in [-0.1, -0.05) is 17.3 Å². The van der Waals surface area contributed by atoms with Gasteiger partial charge in [0.25, 0.3) is 0 Å². The SMILES string of the molecule is COc1ccccc1NC(=O)NCc1nc(C)no1. The van der Waals surface area contributed by atoms with Crippen LogP contribution in [0.3, 0.4) is 0 Å². The molecule has 7 nitrogen and oxygen atoms in total. The highest BCUT2D eigenvalue weighted by atomic mass is 16.5. The molecule has 0 aliphatic heterocycles. The number of hydrogen-bond acceptors (Lipinski definition) is 5. The van der Waals surface area contributed by atoms with Crippen LogP contribution < -0.4 is 15.4 Å². The third-order valence-electron chi connectivity index (χ3n) is 2.32. The summed E-state index contributed by atoms with van der Waals surface area (Å²) in [6.07, 6.45) is 0.